The van der Waals surface area contributed by atoms with Gasteiger partial charge in [0, 0.05) is 11.6 Å². The third kappa shape index (κ3) is 2.96. The van der Waals surface area contributed by atoms with Gasteiger partial charge in [-0.2, -0.15) is 0 Å². The van der Waals surface area contributed by atoms with Crippen molar-refractivity contribution in [3.63, 3.8) is 0 Å². The van der Waals surface area contributed by atoms with Gasteiger partial charge >= 0.3 is 0 Å². The van der Waals surface area contributed by atoms with Gasteiger partial charge in [-0.1, -0.05) is 13.3 Å². The van der Waals surface area contributed by atoms with E-state index in [1.165, 1.54) is 44.9 Å². The summed E-state index contributed by atoms with van der Waals surface area (Å²) in [6, 6.07) is 0.809. The highest BCUT2D eigenvalue weighted by Gasteiger charge is 2.39. The zero-order valence-corrected chi connectivity index (χ0v) is 10.7. The average Bonchev–Trinajstić information content (AvgIpc) is 3.01. The van der Waals surface area contributed by atoms with Crippen molar-refractivity contribution in [1.29, 1.82) is 0 Å². The van der Waals surface area contributed by atoms with Gasteiger partial charge in [0.05, 0.1) is 0 Å². The molecule has 88 valence electrons. The van der Waals surface area contributed by atoms with Gasteiger partial charge in [0.25, 0.3) is 0 Å². The lowest BCUT2D eigenvalue weighted by Crippen LogP contribution is -2.48. The van der Waals surface area contributed by atoms with Crippen LogP contribution in [0.15, 0.2) is 0 Å². The molecule has 2 rings (SSSR count). The molecule has 0 unspecified atom stereocenters. The van der Waals surface area contributed by atoms with Crippen molar-refractivity contribution in [1.82, 2.24) is 5.32 Å². The second-order valence-corrected chi connectivity index (χ2v) is 6.27. The van der Waals surface area contributed by atoms with Crippen LogP contribution in [0.2, 0.25) is 0 Å². The Balaban J connectivity index is 1.76. The monoisotopic (exact) mass is 209 g/mol. The molecule has 15 heavy (non-hydrogen) atoms. The SMILES string of the molecule is CCC1CCC(NC(C)(C)C2CC2)CC1. The summed E-state index contributed by atoms with van der Waals surface area (Å²) in [4.78, 5) is 0. The first-order valence-corrected chi connectivity index (χ1v) is 6.89. The third-order valence-corrected chi connectivity index (χ3v) is 4.60. The molecule has 0 saturated heterocycles. The minimum atomic E-state index is 0.406. The van der Waals surface area contributed by atoms with Gasteiger partial charge in [-0.3, -0.25) is 0 Å². The summed E-state index contributed by atoms with van der Waals surface area (Å²) in [5, 5.41) is 3.90. The molecule has 2 aliphatic carbocycles. The summed E-state index contributed by atoms with van der Waals surface area (Å²) < 4.78 is 0. The summed E-state index contributed by atoms with van der Waals surface area (Å²) in [6.45, 7) is 7.14. The molecule has 1 N–H and O–H groups in total. The van der Waals surface area contributed by atoms with E-state index < -0.39 is 0 Å². The average molecular weight is 209 g/mol. The molecule has 0 bridgehead atoms. The molecule has 1 nitrogen and oxygen atoms in total. The maximum absolute atomic E-state index is 3.90. The van der Waals surface area contributed by atoms with Crippen LogP contribution < -0.4 is 5.32 Å². The number of rotatable bonds is 4. The Labute approximate surface area is 95.0 Å². The maximum Gasteiger partial charge on any atom is 0.0155 e. The second kappa shape index (κ2) is 4.45. The predicted octanol–water partition coefficient (Wildman–Crippen LogP) is 3.73. The van der Waals surface area contributed by atoms with Crippen LogP contribution >= 0.6 is 0 Å². The van der Waals surface area contributed by atoms with Crippen molar-refractivity contribution in [2.45, 2.75) is 77.3 Å². The van der Waals surface area contributed by atoms with Crippen LogP contribution in [-0.4, -0.2) is 11.6 Å². The Morgan fingerprint density at radius 1 is 1.00 bits per heavy atom. The normalized spacial score (nSPS) is 33.0. The number of hydrogen-bond acceptors (Lipinski definition) is 1. The summed E-state index contributed by atoms with van der Waals surface area (Å²) in [6.07, 6.45) is 10.0. The van der Waals surface area contributed by atoms with E-state index in [1.54, 1.807) is 0 Å². The van der Waals surface area contributed by atoms with E-state index in [0.29, 0.717) is 5.54 Å². The fourth-order valence-corrected chi connectivity index (χ4v) is 3.16. The molecule has 1 heteroatoms. The lowest BCUT2D eigenvalue weighted by Gasteiger charge is -2.36. The Bertz CT molecular complexity index is 197. The quantitative estimate of drug-likeness (QED) is 0.744. The number of nitrogens with one attached hydrogen (secondary N) is 1. The zero-order valence-electron chi connectivity index (χ0n) is 10.7. The first kappa shape index (κ1) is 11.4. The van der Waals surface area contributed by atoms with Crippen molar-refractivity contribution in [3.05, 3.63) is 0 Å². The first-order chi connectivity index (χ1) is 7.12. The van der Waals surface area contributed by atoms with Crippen LogP contribution in [0.4, 0.5) is 0 Å². The minimum absolute atomic E-state index is 0.406. The Morgan fingerprint density at radius 3 is 2.07 bits per heavy atom. The van der Waals surface area contributed by atoms with Crippen molar-refractivity contribution in [3.8, 4) is 0 Å². The first-order valence-electron chi connectivity index (χ1n) is 6.89. The number of hydrogen-bond donors (Lipinski definition) is 1. The Kier molecular flexibility index (Phi) is 3.39. The predicted molar refractivity (Wildman–Crippen MR) is 66.0 cm³/mol. The molecular weight excluding hydrogens is 182 g/mol. The van der Waals surface area contributed by atoms with E-state index in [0.717, 1.165) is 17.9 Å². The Morgan fingerprint density at radius 2 is 1.60 bits per heavy atom. The lowest BCUT2D eigenvalue weighted by molar-refractivity contribution is 0.222. The highest BCUT2D eigenvalue weighted by Crippen LogP contribution is 2.40. The van der Waals surface area contributed by atoms with Gasteiger partial charge in [-0.25, -0.2) is 0 Å². The molecule has 2 aliphatic rings. The molecule has 0 spiro atoms. The molecular formula is C14H27N. The zero-order chi connectivity index (χ0) is 10.9. The van der Waals surface area contributed by atoms with Crippen LogP contribution in [0.5, 0.6) is 0 Å². The summed E-state index contributed by atoms with van der Waals surface area (Å²) in [7, 11) is 0. The van der Waals surface area contributed by atoms with Crippen LogP contribution in [0.1, 0.15) is 65.7 Å². The van der Waals surface area contributed by atoms with Gasteiger partial charge in [0.1, 0.15) is 0 Å². The molecule has 0 aromatic carbocycles. The van der Waals surface area contributed by atoms with Gasteiger partial charge in [-0.05, 0) is 64.2 Å². The molecule has 2 saturated carbocycles. The topological polar surface area (TPSA) is 12.0 Å². The van der Waals surface area contributed by atoms with Crippen LogP contribution in [0, 0.1) is 11.8 Å². The molecule has 2 fully saturated rings. The molecule has 0 aromatic rings. The van der Waals surface area contributed by atoms with Crippen LogP contribution in [0.3, 0.4) is 0 Å². The molecule has 0 heterocycles. The van der Waals surface area contributed by atoms with Gasteiger partial charge < -0.3 is 5.32 Å². The van der Waals surface area contributed by atoms with Crippen molar-refractivity contribution in [2.24, 2.45) is 11.8 Å². The third-order valence-electron chi connectivity index (χ3n) is 4.60. The highest BCUT2D eigenvalue weighted by molar-refractivity contribution is 4.96. The molecule has 0 atom stereocenters. The van der Waals surface area contributed by atoms with Gasteiger partial charge in [0.2, 0.25) is 0 Å². The Hall–Kier alpha value is -0.0400. The smallest absolute Gasteiger partial charge is 0.0155 e. The summed E-state index contributed by atoms with van der Waals surface area (Å²) >= 11 is 0. The standard InChI is InChI=1S/C14H27N/c1-4-11-5-9-13(10-6-11)15-14(2,3)12-7-8-12/h11-13,15H,4-10H2,1-3H3. The largest absolute Gasteiger partial charge is 0.309 e. The molecule has 0 aliphatic heterocycles. The second-order valence-electron chi connectivity index (χ2n) is 6.27. The molecule has 0 aromatic heterocycles. The van der Waals surface area contributed by atoms with E-state index in [4.69, 9.17) is 0 Å². The van der Waals surface area contributed by atoms with E-state index in [1.807, 2.05) is 0 Å². The highest BCUT2D eigenvalue weighted by atomic mass is 15.0. The minimum Gasteiger partial charge on any atom is -0.309 e. The van der Waals surface area contributed by atoms with Crippen LogP contribution in [-0.2, 0) is 0 Å². The van der Waals surface area contributed by atoms with Crippen molar-refractivity contribution < 1.29 is 0 Å². The molecule has 0 amide bonds. The van der Waals surface area contributed by atoms with E-state index in [9.17, 15) is 0 Å². The lowest BCUT2D eigenvalue weighted by atomic mass is 9.83. The van der Waals surface area contributed by atoms with Crippen LogP contribution in [0.25, 0.3) is 0 Å². The van der Waals surface area contributed by atoms with Crippen molar-refractivity contribution >= 4 is 0 Å². The van der Waals surface area contributed by atoms with E-state index in [-0.39, 0.29) is 0 Å². The van der Waals surface area contributed by atoms with Gasteiger partial charge in [0.15, 0.2) is 0 Å². The maximum atomic E-state index is 3.90. The molecule has 0 radical (unpaired) electrons. The van der Waals surface area contributed by atoms with E-state index in [2.05, 4.69) is 26.1 Å². The van der Waals surface area contributed by atoms with Crippen molar-refractivity contribution in [2.75, 3.05) is 0 Å². The summed E-state index contributed by atoms with van der Waals surface area (Å²) in [5.41, 5.74) is 0.406. The summed E-state index contributed by atoms with van der Waals surface area (Å²) in [5.74, 6) is 1.98. The fourth-order valence-electron chi connectivity index (χ4n) is 3.16. The van der Waals surface area contributed by atoms with Gasteiger partial charge in [-0.15, -0.1) is 0 Å². The van der Waals surface area contributed by atoms with E-state index >= 15 is 0 Å². The fraction of sp³-hybridized carbons (Fsp3) is 1.00.